The molecule has 0 bridgehead atoms. The number of carbonyl (C=O) groups excluding carboxylic acids is 2. The van der Waals surface area contributed by atoms with Gasteiger partial charge in [-0.3, -0.25) is 4.79 Å². The third-order valence-corrected chi connectivity index (χ3v) is 3.59. The Morgan fingerprint density at radius 3 is 2.46 bits per heavy atom. The average molecular weight is 363 g/mol. The van der Waals surface area contributed by atoms with Crippen LogP contribution in [0.25, 0.3) is 0 Å². The van der Waals surface area contributed by atoms with Gasteiger partial charge >= 0.3 is 12.6 Å². The number of esters is 1. The number of hydrogen-bond acceptors (Lipinski definition) is 4. The van der Waals surface area contributed by atoms with Crippen LogP contribution in [0, 0.1) is 13.8 Å². The molecule has 0 heterocycles. The number of aryl methyl sites for hydroxylation is 2. The lowest BCUT2D eigenvalue weighted by atomic mass is 10.1. The number of nitrogens with one attached hydrogen (secondary N) is 1. The molecular weight excluding hydrogens is 344 g/mol. The molecule has 26 heavy (non-hydrogen) atoms. The first-order valence-corrected chi connectivity index (χ1v) is 7.90. The van der Waals surface area contributed by atoms with Gasteiger partial charge in [0.05, 0.1) is 5.56 Å². The number of hydrogen-bond donors (Lipinski definition) is 1. The summed E-state index contributed by atoms with van der Waals surface area (Å²) in [6.45, 7) is 2.22. The van der Waals surface area contributed by atoms with Crippen molar-refractivity contribution >= 4 is 17.6 Å². The van der Waals surface area contributed by atoms with Crippen molar-refractivity contribution in [3.05, 3.63) is 59.2 Å². The van der Waals surface area contributed by atoms with Gasteiger partial charge in [-0.25, -0.2) is 4.79 Å². The molecule has 7 heteroatoms. The molecule has 1 atom stereocenters. The summed E-state index contributed by atoms with van der Waals surface area (Å²) in [5.41, 5.74) is 2.57. The summed E-state index contributed by atoms with van der Waals surface area (Å²) in [6, 6.07) is 10.7. The molecule has 0 saturated heterocycles. The smallest absolute Gasteiger partial charge is 0.387 e. The predicted molar refractivity (Wildman–Crippen MR) is 92.5 cm³/mol. The van der Waals surface area contributed by atoms with Crippen molar-refractivity contribution in [2.24, 2.45) is 0 Å². The van der Waals surface area contributed by atoms with E-state index in [1.165, 1.54) is 25.1 Å². The third-order valence-electron chi connectivity index (χ3n) is 3.59. The van der Waals surface area contributed by atoms with Crippen LogP contribution in [0.15, 0.2) is 42.5 Å². The van der Waals surface area contributed by atoms with Crippen molar-refractivity contribution in [1.82, 2.24) is 0 Å². The van der Waals surface area contributed by atoms with Gasteiger partial charge in [0, 0.05) is 5.69 Å². The number of carbonyl (C=O) groups is 2. The van der Waals surface area contributed by atoms with Gasteiger partial charge in [0.1, 0.15) is 5.75 Å². The van der Waals surface area contributed by atoms with Crippen LogP contribution in [0.4, 0.5) is 14.5 Å². The van der Waals surface area contributed by atoms with Gasteiger partial charge in [0.15, 0.2) is 6.10 Å². The molecule has 0 radical (unpaired) electrons. The van der Waals surface area contributed by atoms with Crippen LogP contribution in [0.1, 0.15) is 28.4 Å². The first kappa shape index (κ1) is 19.4. The second-order valence-electron chi connectivity index (χ2n) is 5.76. The van der Waals surface area contributed by atoms with Gasteiger partial charge in [-0.1, -0.05) is 23.8 Å². The normalized spacial score (nSPS) is 11.8. The monoisotopic (exact) mass is 363 g/mol. The summed E-state index contributed by atoms with van der Waals surface area (Å²) in [4.78, 5) is 24.3. The SMILES string of the molecule is Cc1ccc(NC(=O)C(C)OC(=O)c2cccc(OC(F)F)c2)c(C)c1. The lowest BCUT2D eigenvalue weighted by molar-refractivity contribution is -0.123. The maximum atomic E-state index is 12.2. The molecule has 2 aromatic rings. The minimum absolute atomic E-state index is 0.00863. The van der Waals surface area contributed by atoms with Crippen molar-refractivity contribution in [3.63, 3.8) is 0 Å². The molecular formula is C19H19F2NO4. The highest BCUT2D eigenvalue weighted by Crippen LogP contribution is 2.18. The Morgan fingerprint density at radius 2 is 1.81 bits per heavy atom. The Kier molecular flexibility index (Phi) is 6.27. The molecule has 1 unspecified atom stereocenters. The quantitative estimate of drug-likeness (QED) is 0.785. The lowest BCUT2D eigenvalue weighted by Gasteiger charge is -2.15. The molecule has 0 saturated carbocycles. The molecule has 5 nitrogen and oxygen atoms in total. The number of ether oxygens (including phenoxy) is 2. The number of benzene rings is 2. The zero-order valence-electron chi connectivity index (χ0n) is 14.6. The van der Waals surface area contributed by atoms with E-state index in [9.17, 15) is 18.4 Å². The fraction of sp³-hybridized carbons (Fsp3) is 0.263. The summed E-state index contributed by atoms with van der Waals surface area (Å²) in [5.74, 6) is -1.47. The molecule has 138 valence electrons. The fourth-order valence-corrected chi connectivity index (χ4v) is 2.27. The van der Waals surface area contributed by atoms with Crippen molar-refractivity contribution in [2.45, 2.75) is 33.5 Å². The zero-order valence-corrected chi connectivity index (χ0v) is 14.6. The van der Waals surface area contributed by atoms with E-state index < -0.39 is 24.6 Å². The first-order chi connectivity index (χ1) is 12.3. The van der Waals surface area contributed by atoms with Gasteiger partial charge in [-0.2, -0.15) is 8.78 Å². The molecule has 2 aromatic carbocycles. The third kappa shape index (κ3) is 5.27. The summed E-state index contributed by atoms with van der Waals surface area (Å²) >= 11 is 0. The Labute approximate surface area is 149 Å². The van der Waals surface area contributed by atoms with Crippen LogP contribution in [0.3, 0.4) is 0 Å². The van der Waals surface area contributed by atoms with E-state index >= 15 is 0 Å². The highest BCUT2D eigenvalue weighted by molar-refractivity contribution is 5.97. The molecule has 1 N–H and O–H groups in total. The topological polar surface area (TPSA) is 64.6 Å². The minimum atomic E-state index is -3.00. The molecule has 0 aliphatic heterocycles. The Morgan fingerprint density at radius 1 is 1.08 bits per heavy atom. The van der Waals surface area contributed by atoms with Crippen molar-refractivity contribution in [3.8, 4) is 5.75 Å². The maximum absolute atomic E-state index is 12.2. The Hall–Kier alpha value is -2.96. The summed E-state index contributed by atoms with van der Waals surface area (Å²) in [5, 5.41) is 2.69. The molecule has 0 fully saturated rings. The zero-order chi connectivity index (χ0) is 19.3. The van der Waals surface area contributed by atoms with Gasteiger partial charge in [-0.15, -0.1) is 0 Å². The molecule has 2 rings (SSSR count). The molecule has 0 aliphatic rings. The highest BCUT2D eigenvalue weighted by Gasteiger charge is 2.20. The second kappa shape index (κ2) is 8.42. The Bertz CT molecular complexity index is 808. The van der Waals surface area contributed by atoms with Crippen LogP contribution in [0.2, 0.25) is 0 Å². The van der Waals surface area contributed by atoms with Crippen LogP contribution < -0.4 is 10.1 Å². The van der Waals surface area contributed by atoms with Crippen molar-refractivity contribution in [1.29, 1.82) is 0 Å². The minimum Gasteiger partial charge on any atom is -0.449 e. The highest BCUT2D eigenvalue weighted by atomic mass is 19.3. The van der Waals surface area contributed by atoms with Gasteiger partial charge < -0.3 is 14.8 Å². The van der Waals surface area contributed by atoms with E-state index in [1.54, 1.807) is 6.07 Å². The maximum Gasteiger partial charge on any atom is 0.387 e. The van der Waals surface area contributed by atoms with E-state index in [0.717, 1.165) is 17.2 Å². The number of amides is 1. The standard InChI is InChI=1S/C19H19F2NO4/c1-11-7-8-16(12(2)9-11)22-17(23)13(3)25-18(24)14-5-4-6-15(10-14)26-19(20)21/h4-10,13,19H,1-3H3,(H,22,23). The summed E-state index contributed by atoms with van der Waals surface area (Å²) < 4.78 is 33.8. The predicted octanol–water partition coefficient (Wildman–Crippen LogP) is 4.09. The van der Waals surface area contributed by atoms with Crippen LogP contribution in [0.5, 0.6) is 5.75 Å². The van der Waals surface area contributed by atoms with E-state index in [-0.39, 0.29) is 11.3 Å². The number of rotatable bonds is 6. The average Bonchev–Trinajstić information content (AvgIpc) is 2.56. The summed E-state index contributed by atoms with van der Waals surface area (Å²) in [6.07, 6.45) is -1.07. The van der Waals surface area contributed by atoms with Crippen LogP contribution in [-0.4, -0.2) is 24.6 Å². The number of alkyl halides is 2. The second-order valence-corrected chi connectivity index (χ2v) is 5.76. The van der Waals surface area contributed by atoms with E-state index in [4.69, 9.17) is 4.74 Å². The number of halogens is 2. The summed E-state index contributed by atoms with van der Waals surface area (Å²) in [7, 11) is 0. The van der Waals surface area contributed by atoms with Gasteiger partial charge in [0.2, 0.25) is 0 Å². The van der Waals surface area contributed by atoms with Crippen molar-refractivity contribution in [2.75, 3.05) is 5.32 Å². The van der Waals surface area contributed by atoms with Crippen LogP contribution >= 0.6 is 0 Å². The van der Waals surface area contributed by atoms with Gasteiger partial charge in [-0.05, 0) is 50.6 Å². The number of anilines is 1. The van der Waals surface area contributed by atoms with Crippen LogP contribution in [-0.2, 0) is 9.53 Å². The van der Waals surface area contributed by atoms with E-state index in [2.05, 4.69) is 10.1 Å². The molecule has 1 amide bonds. The fourth-order valence-electron chi connectivity index (χ4n) is 2.27. The molecule has 0 aromatic heterocycles. The lowest BCUT2D eigenvalue weighted by Crippen LogP contribution is -2.30. The van der Waals surface area contributed by atoms with Gasteiger partial charge in [0.25, 0.3) is 5.91 Å². The van der Waals surface area contributed by atoms with E-state index in [0.29, 0.717) is 5.69 Å². The first-order valence-electron chi connectivity index (χ1n) is 7.90. The molecule has 0 aliphatic carbocycles. The molecule has 0 spiro atoms. The Balaban J connectivity index is 2.00. The van der Waals surface area contributed by atoms with E-state index in [1.807, 2.05) is 26.0 Å². The largest absolute Gasteiger partial charge is 0.449 e. The van der Waals surface area contributed by atoms with Crippen molar-refractivity contribution < 1.29 is 27.8 Å².